The number of hydrogen-bond acceptors (Lipinski definition) is 2. The van der Waals surface area contributed by atoms with Gasteiger partial charge < -0.3 is 10.5 Å². The van der Waals surface area contributed by atoms with Gasteiger partial charge in [-0.05, 0) is 51.3 Å². The molecule has 0 radical (unpaired) electrons. The molecule has 102 valence electrons. The maximum atomic E-state index is 14.5. The quantitative estimate of drug-likeness (QED) is 0.900. The maximum absolute atomic E-state index is 14.5. The van der Waals surface area contributed by atoms with E-state index in [1.165, 1.54) is 21.0 Å². The summed E-state index contributed by atoms with van der Waals surface area (Å²) in [6, 6.07) is 1.74. The molecule has 0 fully saturated rings. The van der Waals surface area contributed by atoms with Gasteiger partial charge >= 0.3 is 0 Å². The van der Waals surface area contributed by atoms with Crippen LogP contribution in [0.5, 0.6) is 5.75 Å². The summed E-state index contributed by atoms with van der Waals surface area (Å²) in [6.07, 6.45) is 0. The summed E-state index contributed by atoms with van der Waals surface area (Å²) < 4.78 is 34.1. The van der Waals surface area contributed by atoms with Crippen molar-refractivity contribution in [2.75, 3.05) is 7.11 Å². The minimum atomic E-state index is -3.15. The van der Waals surface area contributed by atoms with Gasteiger partial charge in [0.05, 0.1) is 18.2 Å². The van der Waals surface area contributed by atoms with Crippen LogP contribution in [0.1, 0.15) is 36.1 Å². The summed E-state index contributed by atoms with van der Waals surface area (Å²) in [4.78, 5) is 0. The molecule has 18 heavy (non-hydrogen) atoms. The predicted molar refractivity (Wildman–Crippen MR) is 69.4 cm³/mol. The van der Waals surface area contributed by atoms with Crippen molar-refractivity contribution in [3.8, 4) is 5.75 Å². The lowest BCUT2D eigenvalue weighted by Crippen LogP contribution is -2.49. The van der Waals surface area contributed by atoms with E-state index >= 15 is 0 Å². The summed E-state index contributed by atoms with van der Waals surface area (Å²) in [7, 11) is 1.41. The Hall–Kier alpha value is -1.16. The van der Waals surface area contributed by atoms with Crippen molar-refractivity contribution in [2.45, 2.75) is 46.1 Å². The minimum absolute atomic E-state index is 0.111. The molecule has 0 atom stereocenters. The number of hydrogen-bond donors (Lipinski definition) is 1. The monoisotopic (exact) mass is 257 g/mol. The van der Waals surface area contributed by atoms with Crippen LogP contribution in [0.4, 0.5) is 8.78 Å². The van der Waals surface area contributed by atoms with Crippen LogP contribution >= 0.6 is 0 Å². The largest absolute Gasteiger partial charge is 0.496 e. The fourth-order valence-electron chi connectivity index (χ4n) is 2.02. The molecular formula is C14H21F2NO. The highest BCUT2D eigenvalue weighted by Gasteiger charge is 2.48. The van der Waals surface area contributed by atoms with Gasteiger partial charge in [0.25, 0.3) is 5.92 Å². The first kappa shape index (κ1) is 14.9. The molecule has 1 rings (SSSR count). The lowest BCUT2D eigenvalue weighted by atomic mass is 9.85. The highest BCUT2D eigenvalue weighted by atomic mass is 19.3. The molecule has 0 spiro atoms. The highest BCUT2D eigenvalue weighted by molar-refractivity contribution is 5.52. The standard InChI is InChI=1S/C14H21F2NO/c1-8-7-9(2)11(12(18-6)10(8)3)14(15,16)13(4,5)17/h7H,17H2,1-6H3. The molecule has 0 heterocycles. The summed E-state index contributed by atoms with van der Waals surface area (Å²) in [5.41, 5.74) is 6.02. The SMILES string of the molecule is COc1c(C)c(C)cc(C)c1C(F)(F)C(C)(C)N. The summed E-state index contributed by atoms with van der Waals surface area (Å²) in [5, 5.41) is 0. The molecule has 0 aromatic heterocycles. The van der Waals surface area contributed by atoms with E-state index < -0.39 is 11.5 Å². The molecule has 1 aromatic rings. The van der Waals surface area contributed by atoms with E-state index in [0.717, 1.165) is 11.1 Å². The Morgan fingerprint density at radius 1 is 1.11 bits per heavy atom. The number of aryl methyl sites for hydroxylation is 2. The first-order valence-electron chi connectivity index (χ1n) is 5.86. The zero-order valence-electron chi connectivity index (χ0n) is 11.8. The Labute approximate surface area is 107 Å². The summed E-state index contributed by atoms with van der Waals surface area (Å²) in [5.74, 6) is -2.92. The number of halogens is 2. The molecule has 1 aromatic carbocycles. The van der Waals surface area contributed by atoms with Crippen molar-refractivity contribution >= 4 is 0 Å². The van der Waals surface area contributed by atoms with E-state index in [9.17, 15) is 8.78 Å². The van der Waals surface area contributed by atoms with Crippen LogP contribution in [0.2, 0.25) is 0 Å². The normalized spacial score (nSPS) is 12.7. The zero-order valence-corrected chi connectivity index (χ0v) is 11.8. The average molecular weight is 257 g/mol. The number of alkyl halides is 2. The third kappa shape index (κ3) is 2.21. The summed E-state index contributed by atoms with van der Waals surface area (Å²) in [6.45, 7) is 7.95. The molecule has 0 amide bonds. The molecular weight excluding hydrogens is 236 g/mol. The van der Waals surface area contributed by atoms with Crippen LogP contribution in [0.25, 0.3) is 0 Å². The molecule has 0 aliphatic rings. The van der Waals surface area contributed by atoms with E-state index in [1.54, 1.807) is 19.9 Å². The van der Waals surface area contributed by atoms with E-state index in [4.69, 9.17) is 10.5 Å². The number of nitrogens with two attached hydrogens (primary N) is 1. The lowest BCUT2D eigenvalue weighted by Gasteiger charge is -2.33. The predicted octanol–water partition coefficient (Wildman–Crippen LogP) is 3.45. The van der Waals surface area contributed by atoms with Crippen LogP contribution in [-0.4, -0.2) is 12.6 Å². The van der Waals surface area contributed by atoms with Crippen molar-refractivity contribution in [1.82, 2.24) is 0 Å². The van der Waals surface area contributed by atoms with Gasteiger partial charge in [-0.15, -0.1) is 0 Å². The topological polar surface area (TPSA) is 35.2 Å². The fourth-order valence-corrected chi connectivity index (χ4v) is 2.02. The Bertz CT molecular complexity index is 462. The molecule has 0 saturated heterocycles. The molecule has 0 saturated carbocycles. The first-order valence-corrected chi connectivity index (χ1v) is 5.86. The Balaban J connectivity index is 3.65. The van der Waals surface area contributed by atoms with Crippen molar-refractivity contribution in [2.24, 2.45) is 5.73 Å². The summed E-state index contributed by atoms with van der Waals surface area (Å²) >= 11 is 0. The van der Waals surface area contributed by atoms with Crippen molar-refractivity contribution in [3.05, 3.63) is 28.3 Å². The van der Waals surface area contributed by atoms with Crippen LogP contribution in [0.15, 0.2) is 6.07 Å². The smallest absolute Gasteiger partial charge is 0.294 e. The van der Waals surface area contributed by atoms with E-state index in [1.807, 2.05) is 6.92 Å². The van der Waals surface area contributed by atoms with E-state index in [2.05, 4.69) is 0 Å². The van der Waals surface area contributed by atoms with Gasteiger partial charge in [0.2, 0.25) is 0 Å². The molecule has 0 aliphatic heterocycles. The van der Waals surface area contributed by atoms with Gasteiger partial charge in [-0.2, -0.15) is 8.78 Å². The zero-order chi connectivity index (χ0) is 14.3. The maximum Gasteiger partial charge on any atom is 0.294 e. The number of benzene rings is 1. The molecule has 2 nitrogen and oxygen atoms in total. The Morgan fingerprint density at radius 2 is 1.61 bits per heavy atom. The van der Waals surface area contributed by atoms with Gasteiger partial charge in [0.1, 0.15) is 5.75 Å². The lowest BCUT2D eigenvalue weighted by molar-refractivity contribution is -0.0694. The van der Waals surface area contributed by atoms with Crippen LogP contribution in [-0.2, 0) is 5.92 Å². The average Bonchev–Trinajstić information content (AvgIpc) is 2.20. The Morgan fingerprint density at radius 3 is 2.00 bits per heavy atom. The minimum Gasteiger partial charge on any atom is -0.496 e. The second kappa shape index (κ2) is 4.50. The van der Waals surface area contributed by atoms with Gasteiger partial charge in [-0.1, -0.05) is 6.07 Å². The number of ether oxygens (including phenoxy) is 1. The van der Waals surface area contributed by atoms with Gasteiger partial charge in [0, 0.05) is 0 Å². The molecule has 0 unspecified atom stereocenters. The van der Waals surface area contributed by atoms with E-state index in [-0.39, 0.29) is 11.3 Å². The van der Waals surface area contributed by atoms with Crippen LogP contribution < -0.4 is 10.5 Å². The molecule has 0 bridgehead atoms. The van der Waals surface area contributed by atoms with Crippen LogP contribution in [0.3, 0.4) is 0 Å². The van der Waals surface area contributed by atoms with Gasteiger partial charge in [-0.25, -0.2) is 0 Å². The number of methoxy groups -OCH3 is 1. The second-order valence-electron chi connectivity index (χ2n) is 5.34. The second-order valence-corrected chi connectivity index (χ2v) is 5.34. The Kier molecular flexibility index (Phi) is 3.73. The van der Waals surface area contributed by atoms with Crippen LogP contribution in [0, 0.1) is 20.8 Å². The van der Waals surface area contributed by atoms with Crippen molar-refractivity contribution < 1.29 is 13.5 Å². The van der Waals surface area contributed by atoms with Gasteiger partial charge in [0.15, 0.2) is 0 Å². The number of rotatable bonds is 3. The third-order valence-electron chi connectivity index (χ3n) is 3.31. The van der Waals surface area contributed by atoms with Crippen molar-refractivity contribution in [1.29, 1.82) is 0 Å². The van der Waals surface area contributed by atoms with Gasteiger partial charge in [-0.3, -0.25) is 0 Å². The molecule has 4 heteroatoms. The third-order valence-corrected chi connectivity index (χ3v) is 3.31. The highest BCUT2D eigenvalue weighted by Crippen LogP contribution is 2.45. The fraction of sp³-hybridized carbons (Fsp3) is 0.571. The van der Waals surface area contributed by atoms with Crippen molar-refractivity contribution in [3.63, 3.8) is 0 Å². The molecule has 2 N–H and O–H groups in total. The first-order chi connectivity index (χ1) is 8.04. The molecule has 0 aliphatic carbocycles. The van der Waals surface area contributed by atoms with E-state index in [0.29, 0.717) is 5.56 Å².